The number of benzene rings is 2. The number of hydrogen-bond acceptors (Lipinski definition) is 6. The summed E-state index contributed by atoms with van der Waals surface area (Å²) in [6.45, 7) is 6.46. The first-order valence-electron chi connectivity index (χ1n) is 10.9. The van der Waals surface area contributed by atoms with Crippen molar-refractivity contribution in [1.82, 2.24) is 0 Å². The molecule has 0 fully saturated rings. The molecule has 2 aromatic carbocycles. The largest absolute Gasteiger partial charge is 0.396 e. The van der Waals surface area contributed by atoms with Crippen molar-refractivity contribution in [3.63, 3.8) is 0 Å². The summed E-state index contributed by atoms with van der Waals surface area (Å²) >= 11 is 0. The highest BCUT2D eigenvalue weighted by Crippen LogP contribution is 2.28. The fourth-order valence-electron chi connectivity index (χ4n) is 3.30. The van der Waals surface area contributed by atoms with E-state index in [1.807, 2.05) is 0 Å². The topological polar surface area (TPSA) is 104 Å². The molecule has 32 heavy (non-hydrogen) atoms. The van der Waals surface area contributed by atoms with Gasteiger partial charge in [-0.2, -0.15) is 0 Å². The molecule has 0 saturated heterocycles. The number of hydrogen-bond donors (Lipinski definition) is 3. The molecule has 2 aromatic rings. The van der Waals surface area contributed by atoms with Crippen LogP contribution in [0.2, 0.25) is 0 Å². The van der Waals surface area contributed by atoms with E-state index >= 15 is 0 Å². The molecular weight excluding hydrogens is 408 g/mol. The molecule has 0 radical (unpaired) electrons. The molecule has 0 heterocycles. The van der Waals surface area contributed by atoms with E-state index in [0.29, 0.717) is 17.7 Å². The summed E-state index contributed by atoms with van der Waals surface area (Å²) in [5.41, 5.74) is -0.412. The molecule has 0 aliphatic carbocycles. The van der Waals surface area contributed by atoms with Crippen molar-refractivity contribution in [1.29, 1.82) is 0 Å². The highest BCUT2D eigenvalue weighted by molar-refractivity contribution is 6.02. The fraction of sp³-hybridized carbons (Fsp3) is 0.462. The van der Waals surface area contributed by atoms with Crippen LogP contribution in [0.3, 0.4) is 0 Å². The summed E-state index contributed by atoms with van der Waals surface area (Å²) in [6, 6.07) is 13.9. The molecule has 6 heteroatoms. The highest BCUT2D eigenvalue weighted by atomic mass is 16.5. The molecule has 0 aliphatic heterocycles. The molecule has 0 atom stereocenters. The Morgan fingerprint density at radius 2 is 1.16 bits per heavy atom. The zero-order chi connectivity index (χ0) is 23.9. The first-order chi connectivity index (χ1) is 14.9. The molecule has 0 spiro atoms. The molecule has 0 unspecified atom stereocenters. The number of aliphatic hydroxyl groups excluding tert-OH is 1. The average molecular weight is 443 g/mol. The fourth-order valence-corrected chi connectivity index (χ4v) is 3.30. The number of rotatable bonds is 12. The summed E-state index contributed by atoms with van der Waals surface area (Å²) in [7, 11) is 0. The quantitative estimate of drug-likeness (QED) is 0.341. The Morgan fingerprint density at radius 1 is 0.750 bits per heavy atom. The lowest BCUT2D eigenvalue weighted by molar-refractivity contribution is 0.0487. The number of carbonyl (C=O) groups excluding carboxylic acids is 2. The first kappa shape index (κ1) is 25.9. The minimum atomic E-state index is -1.45. The number of unbranched alkanes of at least 4 members (excludes halogenated alkanes) is 2. The van der Waals surface area contributed by atoms with E-state index in [1.54, 1.807) is 48.5 Å². The summed E-state index contributed by atoms with van der Waals surface area (Å²) in [6.07, 6.45) is 1.94. The van der Waals surface area contributed by atoms with Crippen molar-refractivity contribution in [3.8, 4) is 0 Å². The zero-order valence-electron chi connectivity index (χ0n) is 19.3. The third-order valence-electron chi connectivity index (χ3n) is 5.15. The second-order valence-electron chi connectivity index (χ2n) is 9.06. The van der Waals surface area contributed by atoms with E-state index in [9.17, 15) is 19.8 Å². The van der Waals surface area contributed by atoms with Gasteiger partial charge in [-0.3, -0.25) is 9.59 Å². The Labute approximate surface area is 189 Å². The van der Waals surface area contributed by atoms with Gasteiger partial charge in [-0.05, 0) is 58.1 Å². The lowest BCUT2D eigenvalue weighted by atomic mass is 9.92. The van der Waals surface area contributed by atoms with E-state index in [-0.39, 0.29) is 18.2 Å². The predicted octanol–water partition coefficient (Wildman–Crippen LogP) is 3.86. The first-order valence-corrected chi connectivity index (χ1v) is 10.9. The van der Waals surface area contributed by atoms with Crippen molar-refractivity contribution >= 4 is 11.6 Å². The van der Waals surface area contributed by atoms with Gasteiger partial charge in [-0.15, -0.1) is 0 Å². The maximum atomic E-state index is 12.3. The lowest BCUT2D eigenvalue weighted by Crippen LogP contribution is -2.31. The van der Waals surface area contributed by atoms with Crippen LogP contribution in [0.5, 0.6) is 0 Å². The summed E-state index contributed by atoms with van der Waals surface area (Å²) < 4.78 is 6.15. The number of ketones is 2. The monoisotopic (exact) mass is 442 g/mol. The van der Waals surface area contributed by atoms with Gasteiger partial charge in [0.05, 0.1) is 0 Å². The highest BCUT2D eigenvalue weighted by Gasteiger charge is 2.27. The Balaban J connectivity index is 2.28. The normalized spacial score (nSPS) is 12.2. The number of Topliss-reactive ketones (excluding diaryl/α,β-unsaturated/α-hetero) is 2. The summed E-state index contributed by atoms with van der Waals surface area (Å²) in [5, 5.41) is 28.9. The molecule has 174 valence electrons. The molecule has 0 aromatic heterocycles. The minimum absolute atomic E-state index is 0.150. The predicted molar refractivity (Wildman–Crippen MR) is 123 cm³/mol. The van der Waals surface area contributed by atoms with Gasteiger partial charge in [0.15, 0.2) is 11.6 Å². The van der Waals surface area contributed by atoms with E-state index in [4.69, 9.17) is 9.84 Å². The van der Waals surface area contributed by atoms with Gasteiger partial charge in [0.2, 0.25) is 0 Å². The van der Waals surface area contributed by atoms with Gasteiger partial charge in [0.25, 0.3) is 0 Å². The van der Waals surface area contributed by atoms with Gasteiger partial charge in [-0.1, -0.05) is 48.5 Å². The maximum absolute atomic E-state index is 12.3. The van der Waals surface area contributed by atoms with Crippen LogP contribution >= 0.6 is 0 Å². The summed E-state index contributed by atoms with van der Waals surface area (Å²) in [5.74, 6) is -0.722. The van der Waals surface area contributed by atoms with Gasteiger partial charge in [-0.25, -0.2) is 0 Å². The standard InChI is InChI=1S/C26H34O6/c1-25(2,30)23(28)20-12-8-18(9-13-20)22(32-17-7-5-6-16-27)19-10-14-21(15-11-19)24(29)26(3,4)31/h8-15,22,27,30-31H,5-7,16-17H2,1-4H3. The van der Waals surface area contributed by atoms with Crippen molar-refractivity contribution in [2.45, 2.75) is 64.3 Å². The van der Waals surface area contributed by atoms with Crippen molar-refractivity contribution < 1.29 is 29.6 Å². The molecule has 3 N–H and O–H groups in total. The molecular formula is C26H34O6. The second kappa shape index (κ2) is 11.0. The Kier molecular flexibility index (Phi) is 8.87. The third kappa shape index (κ3) is 7.07. The molecule has 2 rings (SSSR count). The van der Waals surface area contributed by atoms with Gasteiger partial charge in [0.1, 0.15) is 17.3 Å². The van der Waals surface area contributed by atoms with E-state index in [0.717, 1.165) is 30.4 Å². The molecule has 6 nitrogen and oxygen atoms in total. The smallest absolute Gasteiger partial charge is 0.193 e. The van der Waals surface area contributed by atoms with Crippen molar-refractivity contribution in [2.24, 2.45) is 0 Å². The Hall–Kier alpha value is -2.38. The van der Waals surface area contributed by atoms with Gasteiger partial charge in [0, 0.05) is 24.3 Å². The number of aliphatic hydroxyl groups is 3. The zero-order valence-corrected chi connectivity index (χ0v) is 19.3. The lowest BCUT2D eigenvalue weighted by Gasteiger charge is -2.21. The molecule has 0 saturated carbocycles. The van der Waals surface area contributed by atoms with Crippen LogP contribution in [0.25, 0.3) is 0 Å². The van der Waals surface area contributed by atoms with Crippen LogP contribution in [0.4, 0.5) is 0 Å². The van der Waals surface area contributed by atoms with Crippen molar-refractivity contribution in [2.75, 3.05) is 13.2 Å². The van der Waals surface area contributed by atoms with E-state index < -0.39 is 17.3 Å². The van der Waals surface area contributed by atoms with Crippen LogP contribution in [0, 0.1) is 0 Å². The summed E-state index contributed by atoms with van der Waals surface area (Å²) in [4.78, 5) is 24.6. The molecule has 0 bridgehead atoms. The Bertz CT molecular complexity index is 816. The van der Waals surface area contributed by atoms with Gasteiger partial charge >= 0.3 is 0 Å². The van der Waals surface area contributed by atoms with Crippen LogP contribution in [-0.2, 0) is 4.74 Å². The second-order valence-corrected chi connectivity index (χ2v) is 9.06. The van der Waals surface area contributed by atoms with E-state index in [1.165, 1.54) is 27.7 Å². The minimum Gasteiger partial charge on any atom is -0.396 e. The molecule has 0 aliphatic rings. The number of ether oxygens (including phenoxy) is 1. The molecule has 0 amide bonds. The van der Waals surface area contributed by atoms with E-state index in [2.05, 4.69) is 0 Å². The van der Waals surface area contributed by atoms with Gasteiger partial charge < -0.3 is 20.1 Å². The average Bonchev–Trinajstić information content (AvgIpc) is 2.74. The maximum Gasteiger partial charge on any atom is 0.193 e. The number of carbonyl (C=O) groups is 2. The third-order valence-corrected chi connectivity index (χ3v) is 5.15. The van der Waals surface area contributed by atoms with Crippen LogP contribution in [-0.4, -0.2) is 51.3 Å². The SMILES string of the molecule is CC(C)(O)C(=O)c1ccc(C(OCCCCCO)c2ccc(C(=O)C(C)(C)O)cc2)cc1. The van der Waals surface area contributed by atoms with Crippen LogP contribution in [0.15, 0.2) is 48.5 Å². The van der Waals surface area contributed by atoms with Crippen molar-refractivity contribution in [3.05, 3.63) is 70.8 Å². The Morgan fingerprint density at radius 3 is 1.50 bits per heavy atom. The van der Waals surface area contributed by atoms with Crippen LogP contribution < -0.4 is 0 Å². The van der Waals surface area contributed by atoms with Crippen LogP contribution in [0.1, 0.15) is 84.9 Å².